The van der Waals surface area contributed by atoms with E-state index in [-0.39, 0.29) is 0 Å². The van der Waals surface area contributed by atoms with Gasteiger partial charge in [0.1, 0.15) is 0 Å². The lowest BCUT2D eigenvalue weighted by molar-refractivity contribution is 0.326. The van der Waals surface area contributed by atoms with Crippen LogP contribution in [-0.2, 0) is 6.42 Å². The van der Waals surface area contributed by atoms with Gasteiger partial charge in [-0.15, -0.1) is 0 Å². The Balaban J connectivity index is 2.74. The SMILES string of the molecule is [CH2]Cc1cccc(OCC)n1. The third-order valence-electron chi connectivity index (χ3n) is 1.33. The van der Waals surface area contributed by atoms with Gasteiger partial charge >= 0.3 is 0 Å². The molecule has 1 aromatic heterocycles. The lowest BCUT2D eigenvalue weighted by atomic mass is 10.3. The number of rotatable bonds is 3. The Morgan fingerprint density at radius 2 is 2.36 bits per heavy atom. The maximum Gasteiger partial charge on any atom is 0.213 e. The molecule has 2 nitrogen and oxygen atoms in total. The summed E-state index contributed by atoms with van der Waals surface area (Å²) in [7, 11) is 0. The van der Waals surface area contributed by atoms with Crippen LogP contribution in [0.4, 0.5) is 0 Å². The van der Waals surface area contributed by atoms with E-state index in [4.69, 9.17) is 4.74 Å². The predicted molar refractivity (Wildman–Crippen MR) is 44.5 cm³/mol. The van der Waals surface area contributed by atoms with Crippen molar-refractivity contribution in [2.45, 2.75) is 13.3 Å². The molecule has 0 aliphatic carbocycles. The number of ether oxygens (including phenoxy) is 1. The highest BCUT2D eigenvalue weighted by Gasteiger charge is 1.93. The summed E-state index contributed by atoms with van der Waals surface area (Å²) in [5.41, 5.74) is 0.968. The van der Waals surface area contributed by atoms with E-state index in [0.29, 0.717) is 18.9 Å². The first kappa shape index (κ1) is 8.05. The Morgan fingerprint density at radius 3 is 3.00 bits per heavy atom. The maximum atomic E-state index is 5.21. The molecule has 0 bridgehead atoms. The average molecular weight is 150 g/mol. The van der Waals surface area contributed by atoms with Crippen molar-refractivity contribution in [3.8, 4) is 5.88 Å². The van der Waals surface area contributed by atoms with Crippen LogP contribution in [-0.4, -0.2) is 11.6 Å². The third-order valence-corrected chi connectivity index (χ3v) is 1.33. The van der Waals surface area contributed by atoms with Gasteiger partial charge in [-0.2, -0.15) is 0 Å². The second-order valence-corrected chi connectivity index (χ2v) is 2.15. The van der Waals surface area contributed by atoms with Gasteiger partial charge in [-0.05, 0) is 26.3 Å². The molecule has 0 aromatic carbocycles. The highest BCUT2D eigenvalue weighted by Crippen LogP contribution is 2.07. The fraction of sp³-hybridized carbons (Fsp3) is 0.333. The molecule has 0 N–H and O–H groups in total. The van der Waals surface area contributed by atoms with E-state index in [0.717, 1.165) is 5.69 Å². The maximum absolute atomic E-state index is 5.21. The van der Waals surface area contributed by atoms with Gasteiger partial charge in [0, 0.05) is 11.8 Å². The number of hydrogen-bond acceptors (Lipinski definition) is 2. The monoisotopic (exact) mass is 150 g/mol. The number of nitrogens with zero attached hydrogens (tertiary/aromatic N) is 1. The zero-order valence-corrected chi connectivity index (χ0v) is 6.71. The first-order chi connectivity index (χ1) is 5.36. The van der Waals surface area contributed by atoms with Crippen LogP contribution in [0.15, 0.2) is 18.2 Å². The molecule has 0 atom stereocenters. The zero-order valence-electron chi connectivity index (χ0n) is 6.71. The van der Waals surface area contributed by atoms with E-state index in [2.05, 4.69) is 11.9 Å². The lowest BCUT2D eigenvalue weighted by Gasteiger charge is -2.02. The van der Waals surface area contributed by atoms with Crippen molar-refractivity contribution in [3.05, 3.63) is 30.8 Å². The quantitative estimate of drug-likeness (QED) is 0.656. The van der Waals surface area contributed by atoms with Gasteiger partial charge in [-0.25, -0.2) is 4.98 Å². The Kier molecular flexibility index (Phi) is 2.90. The average Bonchev–Trinajstić information content (AvgIpc) is 2.06. The molecule has 11 heavy (non-hydrogen) atoms. The standard InChI is InChI=1S/C9H12NO/c1-3-8-6-5-7-9(10-8)11-4-2/h5-7H,1,3-4H2,2H3. The molecule has 0 aliphatic rings. The topological polar surface area (TPSA) is 22.1 Å². The molecular weight excluding hydrogens is 138 g/mol. The van der Waals surface area contributed by atoms with Gasteiger partial charge in [0.05, 0.1) is 6.61 Å². The Labute approximate surface area is 67.2 Å². The molecule has 1 aromatic rings. The summed E-state index contributed by atoms with van der Waals surface area (Å²) in [4.78, 5) is 4.20. The van der Waals surface area contributed by atoms with Crippen LogP contribution in [0, 0.1) is 6.92 Å². The van der Waals surface area contributed by atoms with Gasteiger partial charge in [0.15, 0.2) is 0 Å². The van der Waals surface area contributed by atoms with Crippen molar-refractivity contribution in [1.82, 2.24) is 4.98 Å². The molecule has 0 saturated heterocycles. The minimum Gasteiger partial charge on any atom is -0.478 e. The first-order valence-corrected chi connectivity index (χ1v) is 3.74. The molecule has 59 valence electrons. The smallest absolute Gasteiger partial charge is 0.213 e. The first-order valence-electron chi connectivity index (χ1n) is 3.74. The van der Waals surface area contributed by atoms with Crippen LogP contribution < -0.4 is 4.74 Å². The van der Waals surface area contributed by atoms with Gasteiger partial charge < -0.3 is 4.74 Å². The molecule has 0 aliphatic heterocycles. The van der Waals surface area contributed by atoms with Crippen LogP contribution in [0.25, 0.3) is 0 Å². The van der Waals surface area contributed by atoms with E-state index < -0.39 is 0 Å². The molecule has 1 rings (SSSR count). The number of aromatic nitrogens is 1. The van der Waals surface area contributed by atoms with E-state index in [1.54, 1.807) is 0 Å². The molecule has 0 saturated carbocycles. The van der Waals surface area contributed by atoms with Crippen molar-refractivity contribution < 1.29 is 4.74 Å². The van der Waals surface area contributed by atoms with E-state index >= 15 is 0 Å². The van der Waals surface area contributed by atoms with Crippen LogP contribution >= 0.6 is 0 Å². The molecule has 0 amide bonds. The molecular formula is C9H12NO. The summed E-state index contributed by atoms with van der Waals surface area (Å²) in [6, 6.07) is 5.72. The fourth-order valence-electron chi connectivity index (χ4n) is 0.825. The van der Waals surface area contributed by atoms with Gasteiger partial charge in [-0.1, -0.05) is 6.07 Å². The molecule has 1 heterocycles. The molecule has 0 fully saturated rings. The summed E-state index contributed by atoms with van der Waals surface area (Å²) in [6.07, 6.45) is 0.709. The second-order valence-electron chi connectivity index (χ2n) is 2.15. The molecule has 2 heteroatoms. The molecule has 1 radical (unpaired) electrons. The minimum atomic E-state index is 0.660. The molecule has 0 spiro atoms. The third kappa shape index (κ3) is 2.22. The number of pyridine rings is 1. The summed E-state index contributed by atoms with van der Waals surface area (Å²) in [5.74, 6) is 0.689. The fourth-order valence-corrected chi connectivity index (χ4v) is 0.825. The largest absolute Gasteiger partial charge is 0.478 e. The Morgan fingerprint density at radius 1 is 1.55 bits per heavy atom. The van der Waals surface area contributed by atoms with E-state index in [9.17, 15) is 0 Å². The van der Waals surface area contributed by atoms with Gasteiger partial charge in [-0.3, -0.25) is 0 Å². The van der Waals surface area contributed by atoms with Crippen molar-refractivity contribution in [3.63, 3.8) is 0 Å². The van der Waals surface area contributed by atoms with Crippen molar-refractivity contribution in [2.75, 3.05) is 6.61 Å². The highest BCUT2D eigenvalue weighted by molar-refractivity contribution is 5.16. The van der Waals surface area contributed by atoms with Gasteiger partial charge in [0.25, 0.3) is 0 Å². The van der Waals surface area contributed by atoms with Crippen LogP contribution in [0.2, 0.25) is 0 Å². The summed E-state index contributed by atoms with van der Waals surface area (Å²) >= 11 is 0. The summed E-state index contributed by atoms with van der Waals surface area (Å²) in [6.45, 7) is 6.34. The van der Waals surface area contributed by atoms with Crippen molar-refractivity contribution >= 4 is 0 Å². The van der Waals surface area contributed by atoms with E-state index in [1.165, 1.54) is 0 Å². The Hall–Kier alpha value is -1.05. The minimum absolute atomic E-state index is 0.660. The van der Waals surface area contributed by atoms with Crippen LogP contribution in [0.1, 0.15) is 12.6 Å². The predicted octanol–water partition coefficient (Wildman–Crippen LogP) is 1.86. The van der Waals surface area contributed by atoms with Crippen molar-refractivity contribution in [1.29, 1.82) is 0 Å². The lowest BCUT2D eigenvalue weighted by Crippen LogP contribution is -1.95. The number of hydrogen-bond donors (Lipinski definition) is 0. The summed E-state index contributed by atoms with van der Waals surface area (Å²) < 4.78 is 5.21. The Bertz CT molecular complexity index is 223. The normalized spacial score (nSPS) is 9.64. The summed E-state index contributed by atoms with van der Waals surface area (Å²) in [5, 5.41) is 0. The second kappa shape index (κ2) is 3.96. The van der Waals surface area contributed by atoms with Crippen LogP contribution in [0.3, 0.4) is 0 Å². The highest BCUT2D eigenvalue weighted by atomic mass is 16.5. The zero-order chi connectivity index (χ0) is 8.10. The van der Waals surface area contributed by atoms with E-state index in [1.807, 2.05) is 25.1 Å². The molecule has 0 unspecified atom stereocenters. The van der Waals surface area contributed by atoms with Gasteiger partial charge in [0.2, 0.25) is 5.88 Å². The van der Waals surface area contributed by atoms with Crippen molar-refractivity contribution in [2.24, 2.45) is 0 Å². The van der Waals surface area contributed by atoms with Crippen LogP contribution in [0.5, 0.6) is 5.88 Å².